The van der Waals surface area contributed by atoms with Crippen molar-refractivity contribution in [3.8, 4) is 0 Å². The third-order valence-electron chi connectivity index (χ3n) is 4.05. The first-order valence-corrected chi connectivity index (χ1v) is 7.76. The fraction of sp³-hybridized carbons (Fsp3) is 0.294. The van der Waals surface area contributed by atoms with E-state index in [1.54, 1.807) is 11.9 Å². The van der Waals surface area contributed by atoms with Gasteiger partial charge in [-0.15, -0.1) is 0 Å². The van der Waals surface area contributed by atoms with Crippen LogP contribution in [0.4, 0.5) is 5.69 Å². The number of amides is 2. The van der Waals surface area contributed by atoms with Crippen LogP contribution in [0.3, 0.4) is 0 Å². The molecule has 2 amide bonds. The summed E-state index contributed by atoms with van der Waals surface area (Å²) >= 11 is 5.97. The Morgan fingerprint density at radius 2 is 2.17 bits per heavy atom. The number of aromatic nitrogens is 1. The molecule has 23 heavy (non-hydrogen) atoms. The van der Waals surface area contributed by atoms with Crippen molar-refractivity contribution in [2.45, 2.75) is 19.4 Å². The summed E-state index contributed by atoms with van der Waals surface area (Å²) in [6.45, 7) is 0.504. The summed E-state index contributed by atoms with van der Waals surface area (Å²) in [7, 11) is 3.68. The number of carbonyl (C=O) groups is 2. The zero-order valence-electron chi connectivity index (χ0n) is 13.1. The Labute approximate surface area is 139 Å². The van der Waals surface area contributed by atoms with Crippen molar-refractivity contribution in [2.75, 3.05) is 12.4 Å². The lowest BCUT2D eigenvalue weighted by Gasteiger charge is -2.18. The van der Waals surface area contributed by atoms with Crippen LogP contribution in [0.15, 0.2) is 30.5 Å². The molecule has 0 radical (unpaired) electrons. The SMILES string of the molecule is CN(Cc1cc(Cl)cn1C)C(=O)Cc1ccc2c(c1)NC(=O)C2. The number of rotatable bonds is 4. The van der Waals surface area contributed by atoms with E-state index in [0.29, 0.717) is 24.4 Å². The lowest BCUT2D eigenvalue weighted by atomic mass is 10.1. The molecule has 120 valence electrons. The summed E-state index contributed by atoms with van der Waals surface area (Å²) < 4.78 is 1.91. The molecule has 1 aliphatic rings. The summed E-state index contributed by atoms with van der Waals surface area (Å²) in [5, 5.41) is 3.47. The van der Waals surface area contributed by atoms with E-state index in [9.17, 15) is 9.59 Å². The molecule has 0 spiro atoms. The van der Waals surface area contributed by atoms with Crippen LogP contribution in [0.1, 0.15) is 16.8 Å². The van der Waals surface area contributed by atoms with Gasteiger partial charge in [-0.1, -0.05) is 23.7 Å². The second kappa shape index (κ2) is 6.08. The number of hydrogen-bond acceptors (Lipinski definition) is 2. The normalized spacial score (nSPS) is 12.9. The van der Waals surface area contributed by atoms with Gasteiger partial charge in [-0.05, 0) is 23.3 Å². The highest BCUT2D eigenvalue weighted by atomic mass is 35.5. The number of anilines is 1. The fourth-order valence-electron chi connectivity index (χ4n) is 2.74. The van der Waals surface area contributed by atoms with E-state index in [-0.39, 0.29) is 11.8 Å². The van der Waals surface area contributed by atoms with E-state index in [4.69, 9.17) is 11.6 Å². The first kappa shape index (κ1) is 15.6. The van der Waals surface area contributed by atoms with Crippen molar-refractivity contribution >= 4 is 29.1 Å². The minimum absolute atomic E-state index is 0.00109. The second-order valence-corrected chi connectivity index (χ2v) is 6.34. The van der Waals surface area contributed by atoms with E-state index in [0.717, 1.165) is 22.5 Å². The maximum Gasteiger partial charge on any atom is 0.228 e. The molecule has 6 heteroatoms. The molecule has 2 aromatic rings. The van der Waals surface area contributed by atoms with Crippen molar-refractivity contribution in [3.05, 3.63) is 52.3 Å². The number of likely N-dealkylation sites (N-methyl/N-ethyl adjacent to an activating group) is 1. The third kappa shape index (κ3) is 3.40. The lowest BCUT2D eigenvalue weighted by Crippen LogP contribution is -2.28. The third-order valence-corrected chi connectivity index (χ3v) is 4.26. The van der Waals surface area contributed by atoms with Gasteiger partial charge in [0.05, 0.1) is 24.4 Å². The number of halogens is 1. The van der Waals surface area contributed by atoms with Crippen LogP contribution in [0.2, 0.25) is 5.02 Å². The molecule has 0 atom stereocenters. The molecular formula is C17H18ClN3O2. The first-order valence-electron chi connectivity index (χ1n) is 7.39. The monoisotopic (exact) mass is 331 g/mol. The average Bonchev–Trinajstić information content (AvgIpc) is 2.99. The Hall–Kier alpha value is -2.27. The fourth-order valence-corrected chi connectivity index (χ4v) is 3.01. The summed E-state index contributed by atoms with van der Waals surface area (Å²) in [6, 6.07) is 7.55. The Bertz CT molecular complexity index is 782. The molecule has 5 nitrogen and oxygen atoms in total. The van der Waals surface area contributed by atoms with E-state index >= 15 is 0 Å². The largest absolute Gasteiger partial charge is 0.351 e. The van der Waals surface area contributed by atoms with E-state index in [1.807, 2.05) is 42.1 Å². The zero-order valence-corrected chi connectivity index (χ0v) is 13.9. The Balaban J connectivity index is 1.66. The molecule has 1 N–H and O–H groups in total. The van der Waals surface area contributed by atoms with Crippen LogP contribution >= 0.6 is 11.6 Å². The minimum Gasteiger partial charge on any atom is -0.351 e. The van der Waals surface area contributed by atoms with Gasteiger partial charge in [0.25, 0.3) is 0 Å². The van der Waals surface area contributed by atoms with Crippen molar-refractivity contribution in [2.24, 2.45) is 7.05 Å². The Kier molecular flexibility index (Phi) is 4.13. The minimum atomic E-state index is 0.00109. The molecule has 2 heterocycles. The second-order valence-electron chi connectivity index (χ2n) is 5.90. The van der Waals surface area contributed by atoms with Gasteiger partial charge >= 0.3 is 0 Å². The number of hydrogen-bond donors (Lipinski definition) is 1. The number of fused-ring (bicyclic) bond motifs is 1. The van der Waals surface area contributed by atoms with Gasteiger partial charge in [0.15, 0.2) is 0 Å². The summed E-state index contributed by atoms with van der Waals surface area (Å²) in [5.74, 6) is 0.0211. The van der Waals surface area contributed by atoms with Crippen molar-refractivity contribution < 1.29 is 9.59 Å². The first-order chi connectivity index (χ1) is 10.9. The Morgan fingerprint density at radius 3 is 2.87 bits per heavy atom. The molecule has 1 aromatic heterocycles. The summed E-state index contributed by atoms with van der Waals surface area (Å²) in [5.41, 5.74) is 3.68. The smallest absolute Gasteiger partial charge is 0.228 e. The number of nitrogens with zero attached hydrogens (tertiary/aromatic N) is 2. The van der Waals surface area contributed by atoms with Gasteiger partial charge in [0, 0.05) is 31.7 Å². The number of aryl methyl sites for hydroxylation is 1. The maximum absolute atomic E-state index is 12.4. The zero-order chi connectivity index (χ0) is 16.6. The molecule has 0 saturated carbocycles. The lowest BCUT2D eigenvalue weighted by molar-refractivity contribution is -0.129. The quantitative estimate of drug-likeness (QED) is 0.935. The van der Waals surface area contributed by atoms with E-state index in [1.165, 1.54) is 0 Å². The van der Waals surface area contributed by atoms with Crippen LogP contribution in [0.5, 0.6) is 0 Å². The highest BCUT2D eigenvalue weighted by molar-refractivity contribution is 6.30. The predicted molar refractivity (Wildman–Crippen MR) is 89.4 cm³/mol. The van der Waals surface area contributed by atoms with Crippen LogP contribution in [-0.2, 0) is 36.0 Å². The molecule has 1 aromatic carbocycles. The average molecular weight is 332 g/mol. The van der Waals surface area contributed by atoms with Crippen LogP contribution in [0, 0.1) is 0 Å². The van der Waals surface area contributed by atoms with Crippen LogP contribution in [-0.4, -0.2) is 28.3 Å². The molecule has 0 aliphatic carbocycles. The van der Waals surface area contributed by atoms with Crippen LogP contribution < -0.4 is 5.32 Å². The molecular weight excluding hydrogens is 314 g/mol. The van der Waals surface area contributed by atoms with Gasteiger partial charge in [-0.3, -0.25) is 9.59 Å². The maximum atomic E-state index is 12.4. The van der Waals surface area contributed by atoms with Gasteiger partial charge in [-0.25, -0.2) is 0 Å². The van der Waals surface area contributed by atoms with E-state index in [2.05, 4.69) is 5.32 Å². The van der Waals surface area contributed by atoms with Crippen molar-refractivity contribution in [1.29, 1.82) is 0 Å². The van der Waals surface area contributed by atoms with Gasteiger partial charge in [0.2, 0.25) is 11.8 Å². The Morgan fingerprint density at radius 1 is 1.39 bits per heavy atom. The summed E-state index contributed by atoms with van der Waals surface area (Å²) in [6.07, 6.45) is 2.54. The van der Waals surface area contributed by atoms with Gasteiger partial charge < -0.3 is 14.8 Å². The van der Waals surface area contributed by atoms with Gasteiger partial charge in [0.1, 0.15) is 0 Å². The molecule has 0 fully saturated rings. The molecule has 3 rings (SSSR count). The summed E-state index contributed by atoms with van der Waals surface area (Å²) in [4.78, 5) is 25.5. The highest BCUT2D eigenvalue weighted by Crippen LogP contribution is 2.24. The molecule has 0 unspecified atom stereocenters. The number of benzene rings is 1. The number of nitrogens with one attached hydrogen (secondary N) is 1. The molecule has 0 saturated heterocycles. The van der Waals surface area contributed by atoms with Crippen molar-refractivity contribution in [1.82, 2.24) is 9.47 Å². The molecule has 0 bridgehead atoms. The van der Waals surface area contributed by atoms with E-state index < -0.39 is 0 Å². The predicted octanol–water partition coefficient (Wildman–Crippen LogP) is 2.37. The number of carbonyl (C=O) groups excluding carboxylic acids is 2. The molecule has 1 aliphatic heterocycles. The van der Waals surface area contributed by atoms with Crippen molar-refractivity contribution in [3.63, 3.8) is 0 Å². The standard InChI is InChI=1S/C17H18ClN3O2/c1-20-9-13(18)8-14(20)10-21(2)17(23)6-11-3-4-12-7-16(22)19-15(12)5-11/h3-5,8-9H,6-7,10H2,1-2H3,(H,19,22). The van der Waals surface area contributed by atoms with Gasteiger partial charge in [-0.2, -0.15) is 0 Å². The highest BCUT2D eigenvalue weighted by Gasteiger charge is 2.19. The van der Waals surface area contributed by atoms with Crippen LogP contribution in [0.25, 0.3) is 0 Å². The topological polar surface area (TPSA) is 54.3 Å².